The molecular formula is C18H24Cl2N4. The molecule has 0 fully saturated rings. The predicted molar refractivity (Wildman–Crippen MR) is 104 cm³/mol. The molecule has 0 saturated carbocycles. The lowest BCUT2D eigenvalue weighted by Crippen LogP contribution is -2.29. The van der Waals surface area contributed by atoms with Gasteiger partial charge >= 0.3 is 0 Å². The van der Waals surface area contributed by atoms with E-state index in [1.807, 2.05) is 0 Å². The average molecular weight is 367 g/mol. The monoisotopic (exact) mass is 366 g/mol. The lowest BCUT2D eigenvalue weighted by Gasteiger charge is -2.25. The van der Waals surface area contributed by atoms with Gasteiger partial charge in [-0.1, -0.05) is 49.5 Å². The number of hydrogen-bond donors (Lipinski definition) is 1. The van der Waals surface area contributed by atoms with Crippen LogP contribution < -0.4 is 10.6 Å². The second-order valence-electron chi connectivity index (χ2n) is 5.99. The number of nitrogens with two attached hydrogens (primary N) is 1. The van der Waals surface area contributed by atoms with Crippen LogP contribution in [0.3, 0.4) is 0 Å². The van der Waals surface area contributed by atoms with Gasteiger partial charge in [0.2, 0.25) is 0 Å². The minimum atomic E-state index is 0.337. The molecule has 0 aliphatic carbocycles. The van der Waals surface area contributed by atoms with Crippen LogP contribution in [0.1, 0.15) is 33.6 Å². The lowest BCUT2D eigenvalue weighted by molar-refractivity contribution is 0.513. The zero-order valence-corrected chi connectivity index (χ0v) is 15.9. The number of nitrogen functional groups attached to an aromatic ring is 1. The van der Waals surface area contributed by atoms with Gasteiger partial charge < -0.3 is 10.6 Å². The van der Waals surface area contributed by atoms with Crippen molar-refractivity contribution in [2.75, 3.05) is 23.7 Å². The number of halogens is 2. The third kappa shape index (κ3) is 4.31. The first-order valence-corrected chi connectivity index (χ1v) is 9.05. The Labute approximate surface area is 154 Å². The maximum Gasteiger partial charge on any atom is 0.152 e. The van der Waals surface area contributed by atoms with E-state index >= 15 is 0 Å². The van der Waals surface area contributed by atoms with Gasteiger partial charge in [0.15, 0.2) is 5.82 Å². The molecule has 0 bridgehead atoms. The van der Waals surface area contributed by atoms with Gasteiger partial charge in [0, 0.05) is 18.7 Å². The van der Waals surface area contributed by atoms with Crippen molar-refractivity contribution in [3.05, 3.63) is 34.4 Å². The average Bonchev–Trinajstić information content (AvgIpc) is 2.54. The van der Waals surface area contributed by atoms with Crippen LogP contribution in [0.15, 0.2) is 24.4 Å². The number of anilines is 2. The minimum Gasteiger partial charge on any atom is -0.382 e. The maximum absolute atomic E-state index is 6.25. The number of nitrogens with zero attached hydrogens (tertiary/aromatic N) is 3. The smallest absolute Gasteiger partial charge is 0.152 e. The summed E-state index contributed by atoms with van der Waals surface area (Å²) in [7, 11) is 0. The number of aromatic nitrogens is 2. The zero-order valence-electron chi connectivity index (χ0n) is 14.4. The quantitative estimate of drug-likeness (QED) is 0.722. The molecule has 130 valence electrons. The lowest BCUT2D eigenvalue weighted by atomic mass is 10.1. The molecule has 1 aromatic carbocycles. The fourth-order valence-electron chi connectivity index (χ4n) is 2.81. The predicted octanol–water partition coefficient (Wildman–Crippen LogP) is 5.30. The van der Waals surface area contributed by atoms with Crippen molar-refractivity contribution in [2.45, 2.75) is 33.6 Å². The molecule has 0 aliphatic heterocycles. The Kier molecular flexibility index (Phi) is 6.69. The first kappa shape index (κ1) is 18.8. The molecule has 2 aromatic rings. The van der Waals surface area contributed by atoms with E-state index in [1.54, 1.807) is 24.4 Å². The fraction of sp³-hybridized carbons (Fsp3) is 0.444. The molecule has 1 atom stereocenters. The van der Waals surface area contributed by atoms with Crippen molar-refractivity contribution >= 4 is 34.8 Å². The second-order valence-corrected chi connectivity index (χ2v) is 6.81. The largest absolute Gasteiger partial charge is 0.382 e. The molecule has 0 saturated heterocycles. The highest BCUT2D eigenvalue weighted by atomic mass is 35.5. The van der Waals surface area contributed by atoms with Crippen molar-refractivity contribution in [2.24, 2.45) is 5.92 Å². The van der Waals surface area contributed by atoms with Crippen molar-refractivity contribution in [1.82, 2.24) is 9.97 Å². The van der Waals surface area contributed by atoms with Gasteiger partial charge in [0.05, 0.1) is 16.2 Å². The summed E-state index contributed by atoms with van der Waals surface area (Å²) in [6.45, 7) is 8.35. The summed E-state index contributed by atoms with van der Waals surface area (Å²) in [6, 6.07) is 5.32. The van der Waals surface area contributed by atoms with Crippen molar-refractivity contribution in [1.29, 1.82) is 0 Å². The van der Waals surface area contributed by atoms with E-state index in [1.165, 1.54) is 12.8 Å². The van der Waals surface area contributed by atoms with Crippen molar-refractivity contribution in [3.8, 4) is 11.3 Å². The number of benzene rings is 1. The topological polar surface area (TPSA) is 55.0 Å². The molecule has 1 aromatic heterocycles. The molecule has 2 rings (SSSR count). The van der Waals surface area contributed by atoms with Crippen LogP contribution in [0.2, 0.25) is 10.0 Å². The molecule has 0 amide bonds. The molecule has 4 nitrogen and oxygen atoms in total. The van der Waals surface area contributed by atoms with Gasteiger partial charge in [-0.2, -0.15) is 0 Å². The van der Waals surface area contributed by atoms with Gasteiger partial charge in [-0.15, -0.1) is 0 Å². The molecule has 1 unspecified atom stereocenters. The van der Waals surface area contributed by atoms with Crippen LogP contribution in [0.5, 0.6) is 0 Å². The van der Waals surface area contributed by atoms with E-state index in [-0.39, 0.29) is 0 Å². The summed E-state index contributed by atoms with van der Waals surface area (Å²) in [5.74, 6) is 1.71. The minimum absolute atomic E-state index is 0.337. The second kappa shape index (κ2) is 8.54. The van der Waals surface area contributed by atoms with Crippen LogP contribution in [0.25, 0.3) is 11.3 Å². The molecule has 0 spiro atoms. The highest BCUT2D eigenvalue weighted by molar-refractivity contribution is 6.39. The third-order valence-electron chi connectivity index (χ3n) is 4.01. The molecule has 2 N–H and O–H groups in total. The van der Waals surface area contributed by atoms with E-state index in [4.69, 9.17) is 28.9 Å². The van der Waals surface area contributed by atoms with E-state index in [9.17, 15) is 0 Å². The van der Waals surface area contributed by atoms with Crippen LogP contribution in [0.4, 0.5) is 11.6 Å². The molecule has 1 heterocycles. The summed E-state index contributed by atoms with van der Waals surface area (Å²) in [5.41, 5.74) is 7.30. The van der Waals surface area contributed by atoms with E-state index < -0.39 is 0 Å². The maximum atomic E-state index is 6.25. The van der Waals surface area contributed by atoms with Crippen LogP contribution >= 0.6 is 23.2 Å². The molecule has 0 aliphatic rings. The Bertz CT molecular complexity index is 670. The summed E-state index contributed by atoms with van der Waals surface area (Å²) >= 11 is 12.5. The molecule has 0 radical (unpaired) electrons. The Balaban J connectivity index is 2.32. The highest BCUT2D eigenvalue weighted by Gasteiger charge is 2.17. The Morgan fingerprint density at radius 3 is 2.42 bits per heavy atom. The Hall–Kier alpha value is -1.52. The van der Waals surface area contributed by atoms with Gasteiger partial charge in [-0.3, -0.25) is 0 Å². The summed E-state index contributed by atoms with van der Waals surface area (Å²) < 4.78 is 0. The Morgan fingerprint density at radius 1 is 1.21 bits per heavy atom. The van der Waals surface area contributed by atoms with Crippen LogP contribution in [-0.4, -0.2) is 23.1 Å². The Morgan fingerprint density at radius 2 is 1.88 bits per heavy atom. The molecular weight excluding hydrogens is 343 g/mol. The van der Waals surface area contributed by atoms with Gasteiger partial charge in [-0.25, -0.2) is 9.97 Å². The first-order chi connectivity index (χ1) is 11.5. The number of hydrogen-bond acceptors (Lipinski definition) is 4. The van der Waals surface area contributed by atoms with Gasteiger partial charge in [-0.05, 0) is 31.4 Å². The van der Waals surface area contributed by atoms with Gasteiger partial charge in [0.25, 0.3) is 0 Å². The summed E-state index contributed by atoms with van der Waals surface area (Å²) in [4.78, 5) is 11.2. The first-order valence-electron chi connectivity index (χ1n) is 8.29. The SMILES string of the molecule is CCCC(C)CN(CC)c1cnc(-c2c(Cl)cccc2Cl)c(N)n1. The van der Waals surface area contributed by atoms with Crippen LogP contribution in [0, 0.1) is 5.92 Å². The standard InChI is InChI=1S/C18H24Cl2N4/c1-4-7-12(3)11-24(5-2)15-10-22-17(18(21)23-15)16-13(19)8-6-9-14(16)20/h6,8-10,12H,4-5,7,11H2,1-3H3,(H2,21,23). The van der Waals surface area contributed by atoms with Crippen LogP contribution in [-0.2, 0) is 0 Å². The van der Waals surface area contributed by atoms with E-state index in [0.29, 0.717) is 33.0 Å². The van der Waals surface area contributed by atoms with E-state index in [0.717, 1.165) is 18.9 Å². The zero-order chi connectivity index (χ0) is 17.7. The van der Waals surface area contributed by atoms with Crippen molar-refractivity contribution in [3.63, 3.8) is 0 Å². The summed E-state index contributed by atoms with van der Waals surface area (Å²) in [6.07, 6.45) is 4.11. The fourth-order valence-corrected chi connectivity index (χ4v) is 3.38. The molecule has 24 heavy (non-hydrogen) atoms. The third-order valence-corrected chi connectivity index (χ3v) is 4.64. The normalized spacial score (nSPS) is 12.2. The van der Waals surface area contributed by atoms with Crippen molar-refractivity contribution < 1.29 is 0 Å². The highest BCUT2D eigenvalue weighted by Crippen LogP contribution is 2.36. The summed E-state index contributed by atoms with van der Waals surface area (Å²) in [5, 5.41) is 1.03. The number of rotatable bonds is 7. The van der Waals surface area contributed by atoms with E-state index in [2.05, 4.69) is 35.6 Å². The molecule has 6 heteroatoms. The van der Waals surface area contributed by atoms with Gasteiger partial charge in [0.1, 0.15) is 11.5 Å².